The molecule has 0 aliphatic rings. The maximum Gasteiger partial charge on any atom is 0.349 e. The minimum atomic E-state index is -0.488. The van der Waals surface area contributed by atoms with Gasteiger partial charge in [0, 0.05) is 5.56 Å². The van der Waals surface area contributed by atoms with Gasteiger partial charge in [0.2, 0.25) is 0 Å². The number of ketones is 1. The molecule has 0 saturated heterocycles. The van der Waals surface area contributed by atoms with Gasteiger partial charge in [-0.3, -0.25) is 4.79 Å². The molecule has 0 bridgehead atoms. The van der Waals surface area contributed by atoms with Gasteiger partial charge in [-0.1, -0.05) is 31.2 Å². The minimum absolute atomic E-state index is 0.0518. The summed E-state index contributed by atoms with van der Waals surface area (Å²) in [6.45, 7) is 3.33. The Morgan fingerprint density at radius 1 is 1.00 bits per heavy atom. The molecule has 0 aliphatic heterocycles. The Hall–Kier alpha value is -2.62. The summed E-state index contributed by atoms with van der Waals surface area (Å²) in [6, 6.07) is 14.0. The second-order valence-electron chi connectivity index (χ2n) is 4.84. The lowest BCUT2D eigenvalue weighted by molar-refractivity contribution is -0.136. The van der Waals surface area contributed by atoms with Gasteiger partial charge in [0.05, 0.1) is 0 Å². The van der Waals surface area contributed by atoms with Crippen LogP contribution >= 0.6 is 0 Å². The number of Topliss-reactive ketones (excluding diaryl/α,β-unsaturated/α-hetero) is 1. The molecule has 0 unspecified atom stereocenters. The van der Waals surface area contributed by atoms with E-state index in [0.29, 0.717) is 17.1 Å². The molecule has 22 heavy (non-hydrogen) atoms. The number of rotatable bonds is 6. The number of hydrogen-bond acceptors (Lipinski definition) is 4. The zero-order chi connectivity index (χ0) is 15.9. The van der Waals surface area contributed by atoms with Gasteiger partial charge in [-0.05, 0) is 43.2 Å². The highest BCUT2D eigenvalue weighted by Crippen LogP contribution is 2.15. The largest absolute Gasteiger partial charge is 0.482 e. The van der Waals surface area contributed by atoms with E-state index in [0.717, 1.165) is 6.42 Å². The Kier molecular flexibility index (Phi) is 5.31. The Bertz CT molecular complexity index is 659. The van der Waals surface area contributed by atoms with Crippen LogP contribution in [0.4, 0.5) is 0 Å². The Labute approximate surface area is 129 Å². The summed E-state index contributed by atoms with van der Waals surface area (Å²) in [4.78, 5) is 23.0. The monoisotopic (exact) mass is 298 g/mol. The van der Waals surface area contributed by atoms with E-state index in [9.17, 15) is 9.59 Å². The van der Waals surface area contributed by atoms with Crippen molar-refractivity contribution in [3.8, 4) is 11.5 Å². The van der Waals surface area contributed by atoms with Crippen LogP contribution in [0.25, 0.3) is 0 Å². The summed E-state index contributed by atoms with van der Waals surface area (Å²) in [7, 11) is 0. The van der Waals surface area contributed by atoms with Gasteiger partial charge >= 0.3 is 5.97 Å². The molecule has 2 aromatic carbocycles. The smallest absolute Gasteiger partial charge is 0.349 e. The van der Waals surface area contributed by atoms with Crippen molar-refractivity contribution in [2.75, 3.05) is 6.61 Å². The van der Waals surface area contributed by atoms with E-state index in [1.165, 1.54) is 12.5 Å². The van der Waals surface area contributed by atoms with E-state index < -0.39 is 5.97 Å². The molecule has 4 nitrogen and oxygen atoms in total. The number of carbonyl (C=O) groups is 2. The maximum absolute atomic E-state index is 11.7. The molecule has 0 radical (unpaired) electrons. The van der Waals surface area contributed by atoms with Crippen molar-refractivity contribution in [2.45, 2.75) is 20.3 Å². The third-order valence-corrected chi connectivity index (χ3v) is 3.16. The van der Waals surface area contributed by atoms with Crippen LogP contribution in [0.3, 0.4) is 0 Å². The molecule has 0 amide bonds. The van der Waals surface area contributed by atoms with Crippen LogP contribution < -0.4 is 9.47 Å². The van der Waals surface area contributed by atoms with E-state index in [4.69, 9.17) is 9.47 Å². The average Bonchev–Trinajstić information content (AvgIpc) is 2.54. The van der Waals surface area contributed by atoms with Crippen molar-refractivity contribution in [3.05, 3.63) is 59.7 Å². The van der Waals surface area contributed by atoms with Crippen LogP contribution in [-0.2, 0) is 11.2 Å². The van der Waals surface area contributed by atoms with Crippen molar-refractivity contribution in [1.82, 2.24) is 0 Å². The molecule has 0 heterocycles. The van der Waals surface area contributed by atoms with Crippen LogP contribution in [0.15, 0.2) is 48.5 Å². The van der Waals surface area contributed by atoms with Gasteiger partial charge < -0.3 is 9.47 Å². The molecule has 0 N–H and O–H groups in total. The zero-order valence-corrected chi connectivity index (χ0v) is 12.7. The standard InChI is InChI=1S/C18H18O4/c1-3-14-7-9-16(10-8-14)22-18(20)12-21-17-6-4-5-15(11-17)13(2)19/h4-11H,3,12H2,1-2H3. The van der Waals surface area contributed by atoms with Gasteiger partial charge in [0.15, 0.2) is 12.4 Å². The predicted molar refractivity (Wildman–Crippen MR) is 83.4 cm³/mol. The molecule has 2 aromatic rings. The van der Waals surface area contributed by atoms with E-state index >= 15 is 0 Å². The van der Waals surface area contributed by atoms with Crippen molar-refractivity contribution < 1.29 is 19.1 Å². The van der Waals surface area contributed by atoms with E-state index in [1.54, 1.807) is 36.4 Å². The second-order valence-corrected chi connectivity index (χ2v) is 4.84. The number of benzene rings is 2. The van der Waals surface area contributed by atoms with Crippen LogP contribution in [0, 0.1) is 0 Å². The lowest BCUT2D eigenvalue weighted by Gasteiger charge is -2.08. The molecule has 4 heteroatoms. The van der Waals surface area contributed by atoms with Gasteiger partial charge in [-0.2, -0.15) is 0 Å². The van der Waals surface area contributed by atoms with Gasteiger partial charge in [-0.15, -0.1) is 0 Å². The molecule has 0 aromatic heterocycles. The number of ether oxygens (including phenoxy) is 2. The summed E-state index contributed by atoms with van der Waals surface area (Å²) in [6.07, 6.45) is 0.934. The Balaban J connectivity index is 1.89. The van der Waals surface area contributed by atoms with Crippen LogP contribution in [0.2, 0.25) is 0 Å². The molecule has 2 rings (SSSR count). The highest BCUT2D eigenvalue weighted by Gasteiger charge is 2.07. The summed E-state index contributed by atoms with van der Waals surface area (Å²) in [5, 5.41) is 0. The molecule has 0 fully saturated rings. The topological polar surface area (TPSA) is 52.6 Å². The molecule has 0 atom stereocenters. The van der Waals surface area contributed by atoms with Crippen molar-refractivity contribution in [2.24, 2.45) is 0 Å². The van der Waals surface area contributed by atoms with Gasteiger partial charge in [0.1, 0.15) is 11.5 Å². The first kappa shape index (κ1) is 15.8. The summed E-state index contributed by atoms with van der Waals surface area (Å²) in [5.74, 6) is 0.413. The second kappa shape index (κ2) is 7.41. The number of esters is 1. The molecular weight excluding hydrogens is 280 g/mol. The van der Waals surface area contributed by atoms with Crippen LogP contribution in [-0.4, -0.2) is 18.4 Å². The third kappa shape index (κ3) is 4.45. The first-order valence-electron chi connectivity index (χ1n) is 7.12. The van der Waals surface area contributed by atoms with Crippen molar-refractivity contribution >= 4 is 11.8 Å². The highest BCUT2D eigenvalue weighted by molar-refractivity contribution is 5.94. The lowest BCUT2D eigenvalue weighted by atomic mass is 10.1. The van der Waals surface area contributed by atoms with Gasteiger partial charge in [0.25, 0.3) is 0 Å². The van der Waals surface area contributed by atoms with E-state index in [-0.39, 0.29) is 12.4 Å². The summed E-state index contributed by atoms with van der Waals surface area (Å²) in [5.41, 5.74) is 1.72. The number of hydrogen-bond donors (Lipinski definition) is 0. The van der Waals surface area contributed by atoms with Gasteiger partial charge in [-0.25, -0.2) is 4.79 Å². The molecular formula is C18H18O4. The molecule has 0 saturated carbocycles. The normalized spacial score (nSPS) is 10.1. The lowest BCUT2D eigenvalue weighted by Crippen LogP contribution is -2.17. The highest BCUT2D eigenvalue weighted by atomic mass is 16.6. The van der Waals surface area contributed by atoms with Crippen molar-refractivity contribution in [1.29, 1.82) is 0 Å². The fraction of sp³-hybridized carbons (Fsp3) is 0.222. The van der Waals surface area contributed by atoms with Crippen LogP contribution in [0.1, 0.15) is 29.8 Å². The Morgan fingerprint density at radius 2 is 1.73 bits per heavy atom. The summed E-state index contributed by atoms with van der Waals surface area (Å²) < 4.78 is 10.5. The fourth-order valence-electron chi connectivity index (χ4n) is 1.90. The zero-order valence-electron chi connectivity index (χ0n) is 12.7. The number of aryl methyl sites for hydroxylation is 1. The van der Waals surface area contributed by atoms with E-state index in [1.807, 2.05) is 12.1 Å². The molecule has 114 valence electrons. The molecule has 0 aliphatic carbocycles. The average molecular weight is 298 g/mol. The Morgan fingerprint density at radius 3 is 2.36 bits per heavy atom. The third-order valence-electron chi connectivity index (χ3n) is 3.16. The first-order valence-corrected chi connectivity index (χ1v) is 7.12. The first-order chi connectivity index (χ1) is 10.6. The predicted octanol–water partition coefficient (Wildman–Crippen LogP) is 3.44. The molecule has 0 spiro atoms. The fourth-order valence-corrected chi connectivity index (χ4v) is 1.90. The van der Waals surface area contributed by atoms with E-state index in [2.05, 4.69) is 6.92 Å². The maximum atomic E-state index is 11.7. The van der Waals surface area contributed by atoms with Crippen molar-refractivity contribution in [3.63, 3.8) is 0 Å². The van der Waals surface area contributed by atoms with Crippen LogP contribution in [0.5, 0.6) is 11.5 Å². The number of carbonyl (C=O) groups excluding carboxylic acids is 2. The minimum Gasteiger partial charge on any atom is -0.482 e. The quantitative estimate of drug-likeness (QED) is 0.466. The summed E-state index contributed by atoms with van der Waals surface area (Å²) >= 11 is 0. The SMILES string of the molecule is CCc1ccc(OC(=O)COc2cccc(C(C)=O)c2)cc1.